The van der Waals surface area contributed by atoms with E-state index in [1.54, 1.807) is 36.4 Å². The van der Waals surface area contributed by atoms with Gasteiger partial charge in [0.1, 0.15) is 6.04 Å². The third-order valence-corrected chi connectivity index (χ3v) is 3.90. The van der Waals surface area contributed by atoms with Gasteiger partial charge in [0.05, 0.1) is 6.54 Å². The van der Waals surface area contributed by atoms with Crippen LogP contribution in [-0.2, 0) is 4.79 Å². The fraction of sp³-hybridized carbons (Fsp3) is 0.158. The number of nitrogens with one attached hydrogen (secondary N) is 1. The topological polar surface area (TPSA) is 95.7 Å². The molecule has 1 aliphatic heterocycles. The Morgan fingerprint density at radius 2 is 1.64 bits per heavy atom. The minimum Gasteiger partial charge on any atom is -0.399 e. The first-order valence-corrected chi connectivity index (χ1v) is 7.82. The lowest BCUT2D eigenvalue weighted by Gasteiger charge is -2.11. The SMILES string of the molecule is Nc1ccc(C#Cc2ccc(C(=O)NC3CCN(O)C3=O)cc2)cc1. The normalized spacial score (nSPS) is 16.3. The first-order valence-electron chi connectivity index (χ1n) is 7.82. The summed E-state index contributed by atoms with van der Waals surface area (Å²) in [6, 6.07) is 13.4. The van der Waals surface area contributed by atoms with Crippen molar-refractivity contribution in [1.82, 2.24) is 10.4 Å². The van der Waals surface area contributed by atoms with Gasteiger partial charge in [-0.2, -0.15) is 0 Å². The van der Waals surface area contributed by atoms with Gasteiger partial charge in [0.25, 0.3) is 11.8 Å². The summed E-state index contributed by atoms with van der Waals surface area (Å²) in [5.74, 6) is 5.20. The molecule has 1 heterocycles. The van der Waals surface area contributed by atoms with Crippen molar-refractivity contribution < 1.29 is 14.8 Å². The van der Waals surface area contributed by atoms with Crippen molar-refractivity contribution in [2.75, 3.05) is 12.3 Å². The van der Waals surface area contributed by atoms with Crippen LogP contribution in [0.15, 0.2) is 48.5 Å². The van der Waals surface area contributed by atoms with Gasteiger partial charge in [-0.3, -0.25) is 14.8 Å². The number of nitrogen functional groups attached to an aromatic ring is 1. The maximum atomic E-state index is 12.2. The Hall–Kier alpha value is -3.30. The number of hydrogen-bond acceptors (Lipinski definition) is 4. The smallest absolute Gasteiger partial charge is 0.268 e. The largest absolute Gasteiger partial charge is 0.399 e. The molecule has 3 rings (SSSR count). The molecule has 4 N–H and O–H groups in total. The lowest BCUT2D eigenvalue weighted by molar-refractivity contribution is -0.158. The Labute approximate surface area is 145 Å². The molecule has 1 unspecified atom stereocenters. The minimum atomic E-state index is -0.678. The third kappa shape index (κ3) is 3.97. The van der Waals surface area contributed by atoms with E-state index in [9.17, 15) is 14.8 Å². The number of benzene rings is 2. The summed E-state index contributed by atoms with van der Waals surface area (Å²) >= 11 is 0. The fourth-order valence-corrected chi connectivity index (χ4v) is 2.46. The summed E-state index contributed by atoms with van der Waals surface area (Å²) in [6.07, 6.45) is 0.395. The van der Waals surface area contributed by atoms with E-state index in [4.69, 9.17) is 5.73 Å². The highest BCUT2D eigenvalue weighted by molar-refractivity contribution is 5.97. The van der Waals surface area contributed by atoms with Gasteiger partial charge in [-0.05, 0) is 55.0 Å². The Bertz CT molecular complexity index is 848. The van der Waals surface area contributed by atoms with Gasteiger partial charge in [0, 0.05) is 22.4 Å². The van der Waals surface area contributed by atoms with E-state index in [1.807, 2.05) is 12.1 Å². The van der Waals surface area contributed by atoms with E-state index in [0.717, 1.165) is 11.1 Å². The molecule has 0 spiro atoms. The Morgan fingerprint density at radius 1 is 1.08 bits per heavy atom. The van der Waals surface area contributed by atoms with Crippen LogP contribution in [0.1, 0.15) is 27.9 Å². The highest BCUT2D eigenvalue weighted by Gasteiger charge is 2.32. The van der Waals surface area contributed by atoms with E-state index >= 15 is 0 Å². The van der Waals surface area contributed by atoms with Crippen molar-refractivity contribution in [3.8, 4) is 11.8 Å². The lowest BCUT2D eigenvalue weighted by atomic mass is 10.1. The molecule has 1 aliphatic rings. The van der Waals surface area contributed by atoms with Crippen LogP contribution < -0.4 is 11.1 Å². The molecule has 6 heteroatoms. The molecule has 2 aromatic rings. The second-order valence-corrected chi connectivity index (χ2v) is 5.73. The Balaban J connectivity index is 1.65. The van der Waals surface area contributed by atoms with Crippen LogP contribution in [0.25, 0.3) is 0 Å². The van der Waals surface area contributed by atoms with Gasteiger partial charge in [-0.25, -0.2) is 5.06 Å². The van der Waals surface area contributed by atoms with E-state index in [-0.39, 0.29) is 12.5 Å². The summed E-state index contributed by atoms with van der Waals surface area (Å²) in [7, 11) is 0. The van der Waals surface area contributed by atoms with E-state index < -0.39 is 11.9 Å². The third-order valence-electron chi connectivity index (χ3n) is 3.90. The molecule has 0 aliphatic carbocycles. The van der Waals surface area contributed by atoms with Crippen LogP contribution in [0.5, 0.6) is 0 Å². The van der Waals surface area contributed by atoms with Crippen molar-refractivity contribution in [3.63, 3.8) is 0 Å². The van der Waals surface area contributed by atoms with E-state index in [2.05, 4.69) is 17.2 Å². The zero-order chi connectivity index (χ0) is 17.8. The first-order chi connectivity index (χ1) is 12.0. The number of anilines is 1. The molecular formula is C19H17N3O3. The van der Waals surface area contributed by atoms with Crippen molar-refractivity contribution >= 4 is 17.5 Å². The summed E-state index contributed by atoms with van der Waals surface area (Å²) in [5, 5.41) is 12.5. The number of hydrogen-bond donors (Lipinski definition) is 3. The standard InChI is InChI=1S/C19H17N3O3/c20-16-9-5-14(6-10-16)2-1-13-3-7-15(8-4-13)18(23)21-17-11-12-22(25)19(17)24/h3-10,17,25H,11-12,20H2,(H,21,23). The molecule has 25 heavy (non-hydrogen) atoms. The zero-order valence-corrected chi connectivity index (χ0v) is 13.4. The zero-order valence-electron chi connectivity index (χ0n) is 13.4. The predicted octanol–water partition coefficient (Wildman–Crippen LogP) is 1.39. The van der Waals surface area contributed by atoms with Crippen molar-refractivity contribution in [3.05, 3.63) is 65.2 Å². The summed E-state index contributed by atoms with van der Waals surface area (Å²) in [5.41, 5.74) is 8.37. The van der Waals surface area contributed by atoms with Crippen LogP contribution in [0, 0.1) is 11.8 Å². The molecule has 6 nitrogen and oxygen atoms in total. The quantitative estimate of drug-likeness (QED) is 0.439. The first kappa shape index (κ1) is 16.6. The van der Waals surface area contributed by atoms with Crippen LogP contribution in [-0.4, -0.2) is 34.7 Å². The number of rotatable bonds is 2. The fourth-order valence-electron chi connectivity index (χ4n) is 2.46. The average molecular weight is 335 g/mol. The molecule has 1 atom stereocenters. The van der Waals surface area contributed by atoms with Gasteiger partial charge >= 0.3 is 0 Å². The maximum absolute atomic E-state index is 12.2. The van der Waals surface area contributed by atoms with Gasteiger partial charge in [0.15, 0.2) is 0 Å². The van der Waals surface area contributed by atoms with Crippen molar-refractivity contribution in [2.24, 2.45) is 0 Å². The number of nitrogens with two attached hydrogens (primary N) is 1. The van der Waals surface area contributed by atoms with Crippen molar-refractivity contribution in [1.29, 1.82) is 0 Å². The molecule has 0 saturated carbocycles. The highest BCUT2D eigenvalue weighted by atomic mass is 16.5. The second kappa shape index (κ2) is 7.07. The number of carbonyl (C=O) groups is 2. The lowest BCUT2D eigenvalue weighted by Crippen LogP contribution is -2.40. The monoisotopic (exact) mass is 335 g/mol. The number of nitrogens with zero attached hydrogens (tertiary/aromatic N) is 1. The summed E-state index contributed by atoms with van der Waals surface area (Å²) in [4.78, 5) is 23.8. The van der Waals surface area contributed by atoms with Gasteiger partial charge in [-0.1, -0.05) is 11.8 Å². The molecule has 0 radical (unpaired) electrons. The van der Waals surface area contributed by atoms with Gasteiger partial charge < -0.3 is 11.1 Å². The van der Waals surface area contributed by atoms with Crippen LogP contribution in [0.3, 0.4) is 0 Å². The summed E-state index contributed by atoms with van der Waals surface area (Å²) in [6.45, 7) is 0.226. The molecule has 2 amide bonds. The second-order valence-electron chi connectivity index (χ2n) is 5.73. The summed E-state index contributed by atoms with van der Waals surface area (Å²) < 4.78 is 0. The molecule has 126 valence electrons. The number of carbonyl (C=O) groups excluding carboxylic acids is 2. The number of amides is 2. The molecule has 1 saturated heterocycles. The molecule has 2 aromatic carbocycles. The number of hydroxylamine groups is 2. The van der Waals surface area contributed by atoms with E-state index in [1.165, 1.54) is 0 Å². The maximum Gasteiger partial charge on any atom is 0.268 e. The van der Waals surface area contributed by atoms with Gasteiger partial charge in [-0.15, -0.1) is 0 Å². The predicted molar refractivity (Wildman–Crippen MR) is 92.6 cm³/mol. The molecular weight excluding hydrogens is 318 g/mol. The van der Waals surface area contributed by atoms with Crippen LogP contribution in [0.2, 0.25) is 0 Å². The Morgan fingerprint density at radius 3 is 2.16 bits per heavy atom. The highest BCUT2D eigenvalue weighted by Crippen LogP contribution is 2.10. The van der Waals surface area contributed by atoms with E-state index in [0.29, 0.717) is 22.7 Å². The molecule has 1 fully saturated rings. The van der Waals surface area contributed by atoms with Crippen molar-refractivity contribution in [2.45, 2.75) is 12.5 Å². The van der Waals surface area contributed by atoms with Crippen LogP contribution in [0.4, 0.5) is 5.69 Å². The van der Waals surface area contributed by atoms with Gasteiger partial charge in [0.2, 0.25) is 0 Å². The molecule has 0 aromatic heterocycles. The minimum absolute atomic E-state index is 0.226. The molecule has 0 bridgehead atoms. The Kier molecular flexibility index (Phi) is 4.68. The average Bonchev–Trinajstić information content (AvgIpc) is 2.94. The van der Waals surface area contributed by atoms with Crippen LogP contribution >= 0.6 is 0 Å².